The van der Waals surface area contributed by atoms with Crippen LogP contribution in [0, 0.1) is 6.92 Å². The Bertz CT molecular complexity index is 413. The lowest BCUT2D eigenvalue weighted by atomic mass is 10.2. The third-order valence-corrected chi connectivity index (χ3v) is 3.02. The lowest BCUT2D eigenvalue weighted by molar-refractivity contribution is -0.145. The van der Waals surface area contributed by atoms with Crippen LogP contribution in [0.25, 0.3) is 0 Å². The maximum absolute atomic E-state index is 11.6. The molecular weight excluding hydrogens is 242 g/mol. The largest absolute Gasteiger partial charge is 0.465 e. The molecule has 5 nitrogen and oxygen atoms in total. The van der Waals surface area contributed by atoms with Gasteiger partial charge in [0.15, 0.2) is 0 Å². The molecular formula is C14H25N3O2. The number of esters is 1. The van der Waals surface area contributed by atoms with Gasteiger partial charge in [-0.25, -0.2) is 0 Å². The molecule has 0 saturated carbocycles. The summed E-state index contributed by atoms with van der Waals surface area (Å²) < 4.78 is 7.00. The molecule has 0 radical (unpaired) electrons. The molecule has 0 aliphatic rings. The van der Waals surface area contributed by atoms with Crippen LogP contribution in [-0.2, 0) is 22.6 Å². The first-order valence-corrected chi connectivity index (χ1v) is 6.90. The minimum atomic E-state index is -0.171. The van der Waals surface area contributed by atoms with Gasteiger partial charge < -0.3 is 4.74 Å². The van der Waals surface area contributed by atoms with Gasteiger partial charge in [0.25, 0.3) is 0 Å². The van der Waals surface area contributed by atoms with E-state index in [1.54, 1.807) is 0 Å². The lowest BCUT2D eigenvalue weighted by Crippen LogP contribution is -2.36. The van der Waals surface area contributed by atoms with Crippen molar-refractivity contribution in [3.8, 4) is 0 Å². The second-order valence-electron chi connectivity index (χ2n) is 4.90. The number of rotatable bonds is 7. The average molecular weight is 267 g/mol. The molecule has 0 amide bonds. The van der Waals surface area contributed by atoms with Crippen molar-refractivity contribution >= 4 is 5.97 Å². The second-order valence-corrected chi connectivity index (χ2v) is 4.90. The number of nitrogens with zero attached hydrogens (tertiary/aromatic N) is 3. The number of hydrogen-bond acceptors (Lipinski definition) is 4. The summed E-state index contributed by atoms with van der Waals surface area (Å²) in [5.41, 5.74) is 2.15. The number of hydrogen-bond donors (Lipinski definition) is 0. The number of aromatic nitrogens is 2. The van der Waals surface area contributed by atoms with Gasteiger partial charge in [-0.2, -0.15) is 5.10 Å². The standard InChI is InChI=1S/C14H25N3O2/c1-6-17-13(8-12(5)15-17)9-16(11(3)4)10-14(18)19-7-2/h8,11H,6-7,9-10H2,1-5H3. The van der Waals surface area contributed by atoms with E-state index in [1.807, 2.05) is 18.5 Å². The minimum Gasteiger partial charge on any atom is -0.465 e. The van der Waals surface area contributed by atoms with Crippen molar-refractivity contribution in [3.63, 3.8) is 0 Å². The number of carbonyl (C=O) groups excluding carboxylic acids is 1. The Morgan fingerprint density at radius 1 is 1.47 bits per heavy atom. The fraction of sp³-hybridized carbons (Fsp3) is 0.714. The molecule has 0 saturated heterocycles. The van der Waals surface area contributed by atoms with E-state index in [0.717, 1.165) is 17.9 Å². The Labute approximate surface area is 115 Å². The molecule has 19 heavy (non-hydrogen) atoms. The summed E-state index contributed by atoms with van der Waals surface area (Å²) in [6, 6.07) is 2.36. The summed E-state index contributed by atoms with van der Waals surface area (Å²) in [6.45, 7) is 12.3. The Balaban J connectivity index is 2.75. The van der Waals surface area contributed by atoms with Crippen molar-refractivity contribution in [2.75, 3.05) is 13.2 Å². The van der Waals surface area contributed by atoms with Crippen LogP contribution >= 0.6 is 0 Å². The fourth-order valence-electron chi connectivity index (χ4n) is 2.00. The first-order chi connectivity index (χ1) is 8.97. The summed E-state index contributed by atoms with van der Waals surface area (Å²) in [4.78, 5) is 13.7. The topological polar surface area (TPSA) is 47.4 Å². The molecule has 108 valence electrons. The van der Waals surface area contributed by atoms with E-state index >= 15 is 0 Å². The van der Waals surface area contributed by atoms with E-state index < -0.39 is 0 Å². The van der Waals surface area contributed by atoms with Crippen LogP contribution in [0.2, 0.25) is 0 Å². The molecule has 1 aromatic heterocycles. The number of aryl methyl sites for hydroxylation is 2. The first kappa shape index (κ1) is 15.7. The molecule has 1 aromatic rings. The zero-order valence-electron chi connectivity index (χ0n) is 12.6. The van der Waals surface area contributed by atoms with Gasteiger partial charge in [-0.15, -0.1) is 0 Å². The van der Waals surface area contributed by atoms with Crippen LogP contribution < -0.4 is 0 Å². The normalized spacial score (nSPS) is 11.3. The number of carbonyl (C=O) groups is 1. The molecule has 0 aliphatic heterocycles. The van der Waals surface area contributed by atoms with E-state index in [4.69, 9.17) is 4.74 Å². The van der Waals surface area contributed by atoms with Gasteiger partial charge in [-0.05, 0) is 40.7 Å². The zero-order chi connectivity index (χ0) is 14.4. The molecule has 0 atom stereocenters. The number of ether oxygens (including phenoxy) is 1. The maximum Gasteiger partial charge on any atom is 0.320 e. The molecule has 0 aromatic carbocycles. The van der Waals surface area contributed by atoms with E-state index in [2.05, 4.69) is 36.8 Å². The van der Waals surface area contributed by atoms with Gasteiger partial charge in [0.2, 0.25) is 0 Å². The lowest BCUT2D eigenvalue weighted by Gasteiger charge is -2.25. The van der Waals surface area contributed by atoms with E-state index in [-0.39, 0.29) is 12.0 Å². The van der Waals surface area contributed by atoms with Gasteiger partial charge >= 0.3 is 5.97 Å². The Kier molecular flexibility index (Phi) is 6.02. The molecule has 0 aliphatic carbocycles. The first-order valence-electron chi connectivity index (χ1n) is 6.90. The van der Waals surface area contributed by atoms with Crippen LogP contribution in [0.15, 0.2) is 6.07 Å². The summed E-state index contributed by atoms with van der Waals surface area (Å²) >= 11 is 0. The molecule has 1 heterocycles. The SMILES string of the molecule is CCOC(=O)CN(Cc1cc(C)nn1CC)C(C)C. The predicted octanol–water partition coefficient (Wildman–Crippen LogP) is 1.98. The van der Waals surface area contributed by atoms with Crippen molar-refractivity contribution in [3.05, 3.63) is 17.5 Å². The van der Waals surface area contributed by atoms with Crippen molar-refractivity contribution < 1.29 is 9.53 Å². The average Bonchev–Trinajstić information content (AvgIpc) is 2.68. The molecule has 0 fully saturated rings. The highest BCUT2D eigenvalue weighted by Gasteiger charge is 2.17. The quantitative estimate of drug-likeness (QED) is 0.709. The van der Waals surface area contributed by atoms with Crippen molar-refractivity contribution in [2.45, 2.75) is 53.8 Å². The summed E-state index contributed by atoms with van der Waals surface area (Å²) in [5.74, 6) is -0.171. The smallest absolute Gasteiger partial charge is 0.320 e. The van der Waals surface area contributed by atoms with E-state index in [1.165, 1.54) is 0 Å². The van der Waals surface area contributed by atoms with E-state index in [9.17, 15) is 4.79 Å². The Morgan fingerprint density at radius 2 is 2.16 bits per heavy atom. The van der Waals surface area contributed by atoms with E-state index in [0.29, 0.717) is 19.7 Å². The molecule has 1 rings (SSSR count). The van der Waals surface area contributed by atoms with Crippen LogP contribution in [0.3, 0.4) is 0 Å². The molecule has 0 bridgehead atoms. The highest BCUT2D eigenvalue weighted by atomic mass is 16.5. The monoisotopic (exact) mass is 267 g/mol. The van der Waals surface area contributed by atoms with Crippen molar-refractivity contribution in [2.24, 2.45) is 0 Å². The molecule has 5 heteroatoms. The highest BCUT2D eigenvalue weighted by Crippen LogP contribution is 2.10. The van der Waals surface area contributed by atoms with Crippen molar-refractivity contribution in [1.29, 1.82) is 0 Å². The summed E-state index contributed by atoms with van der Waals surface area (Å²) in [6.07, 6.45) is 0. The fourth-order valence-corrected chi connectivity index (χ4v) is 2.00. The Morgan fingerprint density at radius 3 is 2.68 bits per heavy atom. The van der Waals surface area contributed by atoms with Crippen LogP contribution in [0.1, 0.15) is 39.1 Å². The maximum atomic E-state index is 11.6. The summed E-state index contributed by atoms with van der Waals surface area (Å²) in [7, 11) is 0. The third kappa shape index (κ3) is 4.67. The van der Waals surface area contributed by atoms with Gasteiger partial charge in [-0.1, -0.05) is 0 Å². The van der Waals surface area contributed by atoms with Gasteiger partial charge in [-0.3, -0.25) is 14.4 Å². The van der Waals surface area contributed by atoms with Gasteiger partial charge in [0, 0.05) is 19.1 Å². The second kappa shape index (κ2) is 7.28. The molecule has 0 N–H and O–H groups in total. The van der Waals surface area contributed by atoms with Gasteiger partial charge in [0.1, 0.15) is 0 Å². The summed E-state index contributed by atoms with van der Waals surface area (Å²) in [5, 5.41) is 4.43. The molecule has 0 unspecified atom stereocenters. The molecule has 0 spiro atoms. The van der Waals surface area contributed by atoms with Gasteiger partial charge in [0.05, 0.1) is 24.5 Å². The zero-order valence-corrected chi connectivity index (χ0v) is 12.6. The highest BCUT2D eigenvalue weighted by molar-refractivity contribution is 5.71. The van der Waals surface area contributed by atoms with Crippen LogP contribution in [0.4, 0.5) is 0 Å². The third-order valence-electron chi connectivity index (χ3n) is 3.02. The van der Waals surface area contributed by atoms with Crippen molar-refractivity contribution in [1.82, 2.24) is 14.7 Å². The predicted molar refractivity (Wildman–Crippen MR) is 74.8 cm³/mol. The van der Waals surface area contributed by atoms with Crippen LogP contribution in [0.5, 0.6) is 0 Å². The Hall–Kier alpha value is -1.36. The van der Waals surface area contributed by atoms with Crippen LogP contribution in [-0.4, -0.2) is 39.8 Å². The minimum absolute atomic E-state index is 0.171.